The minimum absolute atomic E-state index is 0. The largest absolute Gasteiger partial charge is 0.355 e. The van der Waals surface area contributed by atoms with Crippen LogP contribution in [-0.4, -0.2) is 23.1 Å². The summed E-state index contributed by atoms with van der Waals surface area (Å²) in [6, 6.07) is 9.27. The minimum atomic E-state index is -0.204. The smallest absolute Gasteiger partial charge is 0.273 e. The van der Waals surface area contributed by atoms with Crippen LogP contribution in [0.2, 0.25) is 5.02 Å². The summed E-state index contributed by atoms with van der Waals surface area (Å²) in [4.78, 5) is 12.2. The second kappa shape index (κ2) is 7.81. The molecule has 1 aromatic heterocycles. The molecule has 0 radical (unpaired) electrons. The lowest BCUT2D eigenvalue weighted by Gasteiger charge is -2.26. The van der Waals surface area contributed by atoms with E-state index in [4.69, 9.17) is 21.9 Å². The summed E-state index contributed by atoms with van der Waals surface area (Å²) in [5, 5.41) is 7.49. The third-order valence-electron chi connectivity index (χ3n) is 3.98. The van der Waals surface area contributed by atoms with Gasteiger partial charge in [-0.25, -0.2) is 0 Å². The van der Waals surface area contributed by atoms with Gasteiger partial charge in [-0.05, 0) is 49.9 Å². The van der Waals surface area contributed by atoms with Crippen molar-refractivity contribution in [3.8, 4) is 11.3 Å². The first-order valence-electron chi connectivity index (χ1n) is 7.41. The first kappa shape index (κ1) is 17.8. The van der Waals surface area contributed by atoms with E-state index in [9.17, 15) is 4.79 Å². The number of nitrogens with one attached hydrogen (secondary N) is 1. The zero-order valence-electron chi connectivity index (χ0n) is 12.5. The van der Waals surface area contributed by atoms with Gasteiger partial charge >= 0.3 is 0 Å². The number of hydrogen-bond donors (Lipinski definition) is 2. The van der Waals surface area contributed by atoms with E-state index in [0.717, 1.165) is 31.2 Å². The van der Waals surface area contributed by atoms with Crippen LogP contribution in [0.15, 0.2) is 34.9 Å². The molecule has 3 N–H and O–H groups in total. The zero-order valence-corrected chi connectivity index (χ0v) is 14.1. The number of nitrogens with two attached hydrogens (primary N) is 1. The molecule has 1 heterocycles. The number of amides is 1. The van der Waals surface area contributed by atoms with Crippen LogP contribution in [0.25, 0.3) is 11.3 Å². The molecule has 0 spiro atoms. The summed E-state index contributed by atoms with van der Waals surface area (Å²) in [5.41, 5.74) is 6.99. The van der Waals surface area contributed by atoms with Crippen LogP contribution in [0, 0.1) is 0 Å². The highest BCUT2D eigenvalue weighted by Gasteiger charge is 2.22. The van der Waals surface area contributed by atoms with Gasteiger partial charge in [0.05, 0.1) is 0 Å². The number of carbonyl (C=O) groups excluding carboxylic acids is 1. The molecular formula is C16H19Cl2N3O2. The van der Waals surface area contributed by atoms with Gasteiger partial charge in [-0.15, -0.1) is 12.4 Å². The van der Waals surface area contributed by atoms with E-state index in [1.165, 1.54) is 0 Å². The molecule has 1 amide bonds. The molecule has 1 aliphatic carbocycles. The van der Waals surface area contributed by atoms with Crippen molar-refractivity contribution >= 4 is 29.9 Å². The SMILES string of the molecule is Cl.NC1CCC(NC(=O)c2cc(-c3ccc(Cl)cc3)on2)CC1. The molecule has 0 atom stereocenters. The van der Waals surface area contributed by atoms with Gasteiger partial charge in [0, 0.05) is 28.7 Å². The van der Waals surface area contributed by atoms with Crippen molar-refractivity contribution in [1.29, 1.82) is 0 Å². The fourth-order valence-electron chi connectivity index (χ4n) is 2.66. The molecule has 3 rings (SSSR count). The van der Waals surface area contributed by atoms with Gasteiger partial charge in [-0.3, -0.25) is 4.79 Å². The Balaban J connectivity index is 0.00000192. The standard InChI is InChI=1S/C16H18ClN3O2.ClH/c17-11-3-1-10(2-4-11)15-9-14(20-22-15)16(21)19-13-7-5-12(18)6-8-13;/h1-4,9,12-13H,5-8,18H2,(H,19,21);1H. The average Bonchev–Trinajstić information content (AvgIpc) is 3.00. The molecule has 1 aliphatic rings. The van der Waals surface area contributed by atoms with Crippen molar-refractivity contribution in [1.82, 2.24) is 10.5 Å². The number of aromatic nitrogens is 1. The summed E-state index contributed by atoms with van der Waals surface area (Å²) in [5.74, 6) is 0.344. The fourth-order valence-corrected chi connectivity index (χ4v) is 2.78. The number of rotatable bonds is 3. The Morgan fingerprint density at radius 2 is 1.87 bits per heavy atom. The molecule has 23 heavy (non-hydrogen) atoms. The molecular weight excluding hydrogens is 337 g/mol. The molecule has 0 aliphatic heterocycles. The lowest BCUT2D eigenvalue weighted by Crippen LogP contribution is -2.40. The van der Waals surface area contributed by atoms with Crippen LogP contribution in [0.1, 0.15) is 36.2 Å². The Morgan fingerprint density at radius 3 is 2.52 bits per heavy atom. The summed E-state index contributed by atoms with van der Waals surface area (Å²) in [6.45, 7) is 0. The average molecular weight is 356 g/mol. The molecule has 7 heteroatoms. The van der Waals surface area contributed by atoms with Crippen molar-refractivity contribution < 1.29 is 9.32 Å². The number of benzene rings is 1. The van der Waals surface area contributed by atoms with E-state index in [1.54, 1.807) is 18.2 Å². The second-order valence-corrected chi connectivity index (χ2v) is 6.10. The van der Waals surface area contributed by atoms with Crippen LogP contribution in [0.5, 0.6) is 0 Å². The predicted molar refractivity (Wildman–Crippen MR) is 91.9 cm³/mol. The Hall–Kier alpha value is -1.56. The van der Waals surface area contributed by atoms with Gasteiger partial charge in [0.2, 0.25) is 0 Å². The minimum Gasteiger partial charge on any atom is -0.355 e. The van der Waals surface area contributed by atoms with E-state index in [1.807, 2.05) is 12.1 Å². The highest BCUT2D eigenvalue weighted by atomic mass is 35.5. The maximum absolute atomic E-state index is 12.2. The second-order valence-electron chi connectivity index (χ2n) is 5.67. The first-order chi connectivity index (χ1) is 10.6. The maximum Gasteiger partial charge on any atom is 0.273 e. The van der Waals surface area contributed by atoms with Gasteiger partial charge in [0.25, 0.3) is 5.91 Å². The van der Waals surface area contributed by atoms with Gasteiger partial charge in [-0.2, -0.15) is 0 Å². The molecule has 2 aromatic rings. The van der Waals surface area contributed by atoms with E-state index in [2.05, 4.69) is 10.5 Å². The quantitative estimate of drug-likeness (QED) is 0.883. The molecule has 1 aromatic carbocycles. The lowest BCUT2D eigenvalue weighted by atomic mass is 9.92. The molecule has 0 bridgehead atoms. The van der Waals surface area contributed by atoms with Gasteiger partial charge in [0.15, 0.2) is 11.5 Å². The highest BCUT2D eigenvalue weighted by Crippen LogP contribution is 2.23. The van der Waals surface area contributed by atoms with Crippen LogP contribution in [0.4, 0.5) is 0 Å². The van der Waals surface area contributed by atoms with Crippen LogP contribution >= 0.6 is 24.0 Å². The third kappa shape index (κ3) is 4.47. The number of carbonyl (C=O) groups is 1. The first-order valence-corrected chi connectivity index (χ1v) is 7.79. The Labute approximate surface area is 146 Å². The topological polar surface area (TPSA) is 81.1 Å². The zero-order chi connectivity index (χ0) is 15.5. The predicted octanol–water partition coefficient (Wildman–Crippen LogP) is 3.42. The van der Waals surface area contributed by atoms with E-state index in [0.29, 0.717) is 16.5 Å². The van der Waals surface area contributed by atoms with Crippen molar-refractivity contribution in [2.24, 2.45) is 5.73 Å². The van der Waals surface area contributed by atoms with Crippen LogP contribution < -0.4 is 11.1 Å². The molecule has 1 fully saturated rings. The van der Waals surface area contributed by atoms with Crippen LogP contribution in [-0.2, 0) is 0 Å². The maximum atomic E-state index is 12.2. The van der Waals surface area contributed by atoms with Crippen molar-refractivity contribution in [2.45, 2.75) is 37.8 Å². The van der Waals surface area contributed by atoms with Crippen molar-refractivity contribution in [3.05, 3.63) is 41.0 Å². The fraction of sp³-hybridized carbons (Fsp3) is 0.375. The molecule has 124 valence electrons. The van der Waals surface area contributed by atoms with Gasteiger partial charge in [-0.1, -0.05) is 16.8 Å². The molecule has 1 saturated carbocycles. The Morgan fingerprint density at radius 1 is 1.22 bits per heavy atom. The summed E-state index contributed by atoms with van der Waals surface area (Å²) >= 11 is 5.85. The summed E-state index contributed by atoms with van der Waals surface area (Å²) < 4.78 is 5.24. The molecule has 0 saturated heterocycles. The van der Waals surface area contributed by atoms with E-state index in [-0.39, 0.29) is 30.4 Å². The Kier molecular flexibility index (Phi) is 6.04. The number of halogens is 2. The lowest BCUT2D eigenvalue weighted by molar-refractivity contribution is 0.0917. The van der Waals surface area contributed by atoms with Crippen LogP contribution in [0.3, 0.4) is 0 Å². The van der Waals surface area contributed by atoms with Gasteiger partial charge < -0.3 is 15.6 Å². The van der Waals surface area contributed by atoms with Gasteiger partial charge in [0.1, 0.15) is 0 Å². The highest BCUT2D eigenvalue weighted by molar-refractivity contribution is 6.30. The molecule has 5 nitrogen and oxygen atoms in total. The Bertz CT molecular complexity index is 650. The van der Waals surface area contributed by atoms with Crippen molar-refractivity contribution in [3.63, 3.8) is 0 Å². The normalized spacial score (nSPS) is 20.6. The molecule has 0 unspecified atom stereocenters. The monoisotopic (exact) mass is 355 g/mol. The van der Waals surface area contributed by atoms with E-state index < -0.39 is 0 Å². The number of nitrogens with zero attached hydrogens (tertiary/aromatic N) is 1. The van der Waals surface area contributed by atoms with E-state index >= 15 is 0 Å². The number of hydrogen-bond acceptors (Lipinski definition) is 4. The van der Waals surface area contributed by atoms with Crippen molar-refractivity contribution in [2.75, 3.05) is 0 Å². The third-order valence-corrected chi connectivity index (χ3v) is 4.23. The summed E-state index contributed by atoms with van der Waals surface area (Å²) in [6.07, 6.45) is 3.71. The summed E-state index contributed by atoms with van der Waals surface area (Å²) in [7, 11) is 0.